The molecule has 122 valence electrons. The van der Waals surface area contributed by atoms with Crippen molar-refractivity contribution in [2.24, 2.45) is 0 Å². The molecule has 0 radical (unpaired) electrons. The van der Waals surface area contributed by atoms with Crippen LogP contribution in [0.5, 0.6) is 0 Å². The number of tetrazole rings is 1. The van der Waals surface area contributed by atoms with Crippen LogP contribution in [0.1, 0.15) is 35.9 Å². The van der Waals surface area contributed by atoms with Gasteiger partial charge in [-0.2, -0.15) is 4.68 Å². The van der Waals surface area contributed by atoms with E-state index in [-0.39, 0.29) is 17.3 Å². The Hall–Kier alpha value is -3.09. The lowest BCUT2D eigenvalue weighted by atomic mass is 10.0. The number of hydrogen-bond acceptors (Lipinski definition) is 4. The smallest absolute Gasteiger partial charge is 0.335 e. The molecule has 0 spiro atoms. The van der Waals surface area contributed by atoms with Gasteiger partial charge < -0.3 is 5.11 Å². The van der Waals surface area contributed by atoms with Gasteiger partial charge in [-0.1, -0.05) is 26.0 Å². The Labute approximate surface area is 137 Å². The molecule has 0 atom stereocenters. The molecule has 0 aliphatic rings. The standard InChI is InChI=1S/C17H15FN4O2/c1-10(2)16-19-20-21-22(16)15-8-12(7-13(9-15)17(23)24)11-3-5-14(18)6-4-11/h3-10H,1-2H3,(H,23,24). The van der Waals surface area contributed by atoms with Crippen molar-refractivity contribution in [2.45, 2.75) is 19.8 Å². The predicted molar refractivity (Wildman–Crippen MR) is 85.6 cm³/mol. The summed E-state index contributed by atoms with van der Waals surface area (Å²) in [5.41, 5.74) is 2.01. The maximum atomic E-state index is 13.1. The molecule has 1 heterocycles. The summed E-state index contributed by atoms with van der Waals surface area (Å²) in [5.74, 6) is -0.708. The number of hydrogen-bond donors (Lipinski definition) is 1. The molecule has 3 rings (SSSR count). The predicted octanol–water partition coefficient (Wildman–Crippen LogP) is 3.29. The van der Waals surface area contributed by atoms with Crippen molar-refractivity contribution in [1.29, 1.82) is 0 Å². The monoisotopic (exact) mass is 326 g/mol. The lowest BCUT2D eigenvalue weighted by Crippen LogP contribution is -2.07. The zero-order valence-electron chi connectivity index (χ0n) is 13.1. The van der Waals surface area contributed by atoms with Gasteiger partial charge in [0, 0.05) is 5.92 Å². The van der Waals surface area contributed by atoms with Gasteiger partial charge >= 0.3 is 5.97 Å². The first-order chi connectivity index (χ1) is 11.5. The zero-order chi connectivity index (χ0) is 17.3. The normalized spacial score (nSPS) is 11.0. The Balaban J connectivity index is 2.18. The summed E-state index contributed by atoms with van der Waals surface area (Å²) in [4.78, 5) is 11.5. The molecule has 24 heavy (non-hydrogen) atoms. The van der Waals surface area contributed by atoms with Gasteiger partial charge in [0.2, 0.25) is 0 Å². The molecular formula is C17H15FN4O2. The van der Waals surface area contributed by atoms with E-state index in [1.54, 1.807) is 24.3 Å². The first-order valence-corrected chi connectivity index (χ1v) is 7.38. The quantitative estimate of drug-likeness (QED) is 0.795. The van der Waals surface area contributed by atoms with Crippen LogP contribution in [0, 0.1) is 5.82 Å². The minimum absolute atomic E-state index is 0.0720. The molecule has 0 amide bonds. The number of halogens is 1. The molecule has 0 aliphatic heterocycles. The third kappa shape index (κ3) is 3.01. The van der Waals surface area contributed by atoms with Gasteiger partial charge in [0.25, 0.3) is 0 Å². The van der Waals surface area contributed by atoms with Crippen molar-refractivity contribution in [2.75, 3.05) is 0 Å². The third-order valence-electron chi connectivity index (χ3n) is 3.60. The van der Waals surface area contributed by atoms with Crippen LogP contribution < -0.4 is 0 Å². The van der Waals surface area contributed by atoms with Gasteiger partial charge in [-0.25, -0.2) is 9.18 Å². The summed E-state index contributed by atoms with van der Waals surface area (Å²) in [6.07, 6.45) is 0. The van der Waals surface area contributed by atoms with E-state index < -0.39 is 5.97 Å². The Morgan fingerprint density at radius 2 is 1.83 bits per heavy atom. The molecule has 1 N–H and O–H groups in total. The maximum Gasteiger partial charge on any atom is 0.335 e. The largest absolute Gasteiger partial charge is 0.478 e. The van der Waals surface area contributed by atoms with Crippen LogP contribution in [-0.4, -0.2) is 31.3 Å². The fourth-order valence-corrected chi connectivity index (χ4v) is 2.40. The van der Waals surface area contributed by atoms with E-state index in [1.807, 2.05) is 13.8 Å². The van der Waals surface area contributed by atoms with Crippen LogP contribution >= 0.6 is 0 Å². The molecule has 0 unspecified atom stereocenters. The van der Waals surface area contributed by atoms with Crippen LogP contribution in [0.15, 0.2) is 42.5 Å². The van der Waals surface area contributed by atoms with E-state index in [0.717, 1.165) is 0 Å². The number of aromatic nitrogens is 4. The van der Waals surface area contributed by atoms with Gasteiger partial charge in [-0.3, -0.25) is 0 Å². The molecule has 3 aromatic rings. The average Bonchev–Trinajstić information content (AvgIpc) is 3.05. The molecule has 0 saturated carbocycles. The minimum atomic E-state index is -1.06. The second-order valence-corrected chi connectivity index (χ2v) is 5.68. The molecular weight excluding hydrogens is 311 g/mol. The molecule has 0 fully saturated rings. The summed E-state index contributed by atoms with van der Waals surface area (Å²) in [5, 5.41) is 21.0. The Morgan fingerprint density at radius 1 is 1.12 bits per heavy atom. The average molecular weight is 326 g/mol. The van der Waals surface area contributed by atoms with E-state index >= 15 is 0 Å². The summed E-state index contributed by atoms with van der Waals surface area (Å²) < 4.78 is 14.6. The summed E-state index contributed by atoms with van der Waals surface area (Å²) in [7, 11) is 0. The van der Waals surface area contributed by atoms with Crippen molar-refractivity contribution in [1.82, 2.24) is 20.2 Å². The number of carbonyl (C=O) groups is 1. The fraction of sp³-hybridized carbons (Fsp3) is 0.176. The number of rotatable bonds is 4. The van der Waals surface area contributed by atoms with Gasteiger partial charge in [0.05, 0.1) is 11.3 Å². The summed E-state index contributed by atoms with van der Waals surface area (Å²) in [6, 6.07) is 10.7. The summed E-state index contributed by atoms with van der Waals surface area (Å²) >= 11 is 0. The van der Waals surface area contributed by atoms with E-state index in [9.17, 15) is 14.3 Å². The highest BCUT2D eigenvalue weighted by Crippen LogP contribution is 2.26. The van der Waals surface area contributed by atoms with Crippen molar-refractivity contribution < 1.29 is 14.3 Å². The number of nitrogens with zero attached hydrogens (tertiary/aromatic N) is 4. The highest BCUT2D eigenvalue weighted by molar-refractivity contribution is 5.90. The van der Waals surface area contributed by atoms with Gasteiger partial charge in [0.1, 0.15) is 5.82 Å². The SMILES string of the molecule is CC(C)c1nnnn1-c1cc(C(=O)O)cc(-c2ccc(F)cc2)c1. The van der Waals surface area contributed by atoms with Gasteiger partial charge in [0.15, 0.2) is 5.82 Å². The highest BCUT2D eigenvalue weighted by atomic mass is 19.1. The molecule has 0 saturated heterocycles. The maximum absolute atomic E-state index is 13.1. The minimum Gasteiger partial charge on any atom is -0.478 e. The number of aromatic carboxylic acids is 1. The Kier molecular flexibility index (Phi) is 4.07. The zero-order valence-corrected chi connectivity index (χ0v) is 13.1. The first-order valence-electron chi connectivity index (χ1n) is 7.38. The van der Waals surface area contributed by atoms with Crippen LogP contribution in [0.25, 0.3) is 16.8 Å². The van der Waals surface area contributed by atoms with Crippen LogP contribution in [0.3, 0.4) is 0 Å². The topological polar surface area (TPSA) is 80.9 Å². The Bertz CT molecular complexity index is 888. The van der Waals surface area contributed by atoms with E-state index in [4.69, 9.17) is 0 Å². The fourth-order valence-electron chi connectivity index (χ4n) is 2.40. The number of carboxylic acid groups (broad SMARTS) is 1. The van der Waals surface area contributed by atoms with Crippen molar-refractivity contribution in [3.63, 3.8) is 0 Å². The molecule has 2 aromatic carbocycles. The van der Waals surface area contributed by atoms with Gasteiger partial charge in [-0.15, -0.1) is 5.10 Å². The van der Waals surface area contributed by atoms with Gasteiger partial charge in [-0.05, 0) is 51.9 Å². The number of benzene rings is 2. The first kappa shape index (κ1) is 15.8. The Morgan fingerprint density at radius 3 is 2.46 bits per heavy atom. The second kappa shape index (κ2) is 6.19. The van der Waals surface area contributed by atoms with E-state index in [1.165, 1.54) is 22.9 Å². The van der Waals surface area contributed by atoms with Crippen molar-refractivity contribution in [3.05, 3.63) is 59.7 Å². The molecule has 6 nitrogen and oxygen atoms in total. The second-order valence-electron chi connectivity index (χ2n) is 5.68. The molecule has 7 heteroatoms. The van der Waals surface area contributed by atoms with E-state index in [2.05, 4.69) is 15.5 Å². The van der Waals surface area contributed by atoms with Crippen LogP contribution in [-0.2, 0) is 0 Å². The lowest BCUT2D eigenvalue weighted by Gasteiger charge is -2.11. The molecule has 0 aliphatic carbocycles. The highest BCUT2D eigenvalue weighted by Gasteiger charge is 2.15. The molecule has 0 bridgehead atoms. The van der Waals surface area contributed by atoms with Crippen LogP contribution in [0.4, 0.5) is 4.39 Å². The van der Waals surface area contributed by atoms with E-state index in [0.29, 0.717) is 22.6 Å². The van der Waals surface area contributed by atoms with Crippen LogP contribution in [0.2, 0.25) is 0 Å². The van der Waals surface area contributed by atoms with Crippen molar-refractivity contribution >= 4 is 5.97 Å². The third-order valence-corrected chi connectivity index (χ3v) is 3.60. The lowest BCUT2D eigenvalue weighted by molar-refractivity contribution is 0.0697. The summed E-state index contributed by atoms with van der Waals surface area (Å²) in [6.45, 7) is 3.90. The van der Waals surface area contributed by atoms with Crippen molar-refractivity contribution in [3.8, 4) is 16.8 Å². The number of carboxylic acids is 1. The molecule has 1 aromatic heterocycles.